The molecule has 52 valence electrons. The van der Waals surface area contributed by atoms with Crippen molar-refractivity contribution in [2.75, 3.05) is 6.54 Å². The van der Waals surface area contributed by atoms with Gasteiger partial charge in [0, 0.05) is 4.92 Å². The Morgan fingerprint density at radius 2 is 2.22 bits per heavy atom. The predicted molar refractivity (Wildman–Crippen MR) is 30.8 cm³/mol. The number of hydrogen-bond acceptors (Lipinski definition) is 3. The van der Waals surface area contributed by atoms with E-state index >= 15 is 0 Å². The minimum absolute atomic E-state index is 0.0625. The summed E-state index contributed by atoms with van der Waals surface area (Å²) in [5.41, 5.74) is -0.243. The third-order valence-electron chi connectivity index (χ3n) is 1.48. The molecular weight excluding hydrogens is 122 g/mol. The molecule has 0 amide bonds. The van der Waals surface area contributed by atoms with Crippen LogP contribution in [-0.4, -0.2) is 23.2 Å². The van der Waals surface area contributed by atoms with E-state index in [-0.39, 0.29) is 23.2 Å². The van der Waals surface area contributed by atoms with Crippen LogP contribution in [0, 0.1) is 10.1 Å². The minimum Gasteiger partial charge on any atom is -0.359 e. The summed E-state index contributed by atoms with van der Waals surface area (Å²) in [5.74, 6) is 0. The molecule has 0 spiro atoms. The zero-order chi connectivity index (χ0) is 7.07. The van der Waals surface area contributed by atoms with Crippen LogP contribution in [0.2, 0.25) is 0 Å². The topological polar surface area (TPSA) is 55.7 Å². The number of rotatable bonds is 2. The first-order valence-electron chi connectivity index (χ1n) is 2.82. The zero-order valence-electron chi connectivity index (χ0n) is 5.46. The highest BCUT2D eigenvalue weighted by Crippen LogP contribution is 2.34. The number of ether oxygens (including phenoxy) is 1. The van der Waals surface area contributed by atoms with Crippen LogP contribution in [0.1, 0.15) is 13.8 Å². The second-order valence-corrected chi connectivity index (χ2v) is 2.73. The van der Waals surface area contributed by atoms with Crippen molar-refractivity contribution < 1.29 is 9.66 Å². The first-order chi connectivity index (χ1) is 4.02. The van der Waals surface area contributed by atoms with E-state index in [4.69, 9.17) is 4.74 Å². The highest BCUT2D eigenvalue weighted by atomic mass is 16.6. The quantitative estimate of drug-likeness (QED) is 0.310. The molecule has 0 aromatic heterocycles. The van der Waals surface area contributed by atoms with Gasteiger partial charge >= 0.3 is 0 Å². The van der Waals surface area contributed by atoms with Crippen LogP contribution < -0.4 is 0 Å². The lowest BCUT2D eigenvalue weighted by Crippen LogP contribution is -2.13. The number of nitro groups is 1. The molecule has 0 aromatic rings. The van der Waals surface area contributed by atoms with Gasteiger partial charge in [0.05, 0.1) is 5.60 Å². The highest BCUT2D eigenvalue weighted by molar-refractivity contribution is 4.94. The summed E-state index contributed by atoms with van der Waals surface area (Å²) in [6, 6.07) is 0. The third kappa shape index (κ3) is 1.38. The van der Waals surface area contributed by atoms with Gasteiger partial charge in [0.25, 0.3) is 0 Å². The van der Waals surface area contributed by atoms with E-state index in [1.165, 1.54) is 0 Å². The van der Waals surface area contributed by atoms with Crippen molar-refractivity contribution in [3.63, 3.8) is 0 Å². The summed E-state index contributed by atoms with van der Waals surface area (Å²) >= 11 is 0. The van der Waals surface area contributed by atoms with Crippen LogP contribution in [0.25, 0.3) is 0 Å². The van der Waals surface area contributed by atoms with E-state index in [1.807, 2.05) is 13.8 Å². The summed E-state index contributed by atoms with van der Waals surface area (Å²) < 4.78 is 4.97. The molecule has 0 saturated carbocycles. The van der Waals surface area contributed by atoms with Crippen LogP contribution in [0.4, 0.5) is 0 Å². The van der Waals surface area contributed by atoms with Crippen LogP contribution >= 0.6 is 0 Å². The summed E-state index contributed by atoms with van der Waals surface area (Å²) in [7, 11) is 0. The number of epoxide rings is 1. The molecule has 1 fully saturated rings. The fraction of sp³-hybridized carbons (Fsp3) is 1.00. The molecule has 9 heavy (non-hydrogen) atoms. The van der Waals surface area contributed by atoms with Crippen molar-refractivity contribution in [2.45, 2.75) is 25.6 Å². The SMILES string of the molecule is CC1(C)O[C@@H]1C[N+](=O)[O-]. The number of hydrogen-bond donors (Lipinski definition) is 0. The molecule has 1 saturated heterocycles. The molecule has 0 unspecified atom stereocenters. The second kappa shape index (κ2) is 1.67. The Hall–Kier alpha value is -0.640. The third-order valence-corrected chi connectivity index (χ3v) is 1.48. The van der Waals surface area contributed by atoms with E-state index in [0.29, 0.717) is 0 Å². The predicted octanol–water partition coefficient (Wildman–Crippen LogP) is 0.440. The largest absolute Gasteiger partial charge is 0.359 e. The monoisotopic (exact) mass is 131 g/mol. The second-order valence-electron chi connectivity index (χ2n) is 2.73. The average molecular weight is 131 g/mol. The summed E-state index contributed by atoms with van der Waals surface area (Å²) in [4.78, 5) is 9.52. The maximum absolute atomic E-state index is 9.86. The van der Waals surface area contributed by atoms with Gasteiger partial charge < -0.3 is 4.74 Å². The fourth-order valence-corrected chi connectivity index (χ4v) is 0.725. The Balaban J connectivity index is 2.28. The van der Waals surface area contributed by atoms with Crippen LogP contribution in [0.5, 0.6) is 0 Å². The number of nitrogens with zero attached hydrogens (tertiary/aromatic N) is 1. The van der Waals surface area contributed by atoms with E-state index in [9.17, 15) is 10.1 Å². The Labute approximate surface area is 53.0 Å². The molecule has 4 heteroatoms. The summed E-state index contributed by atoms with van der Waals surface area (Å²) in [5, 5.41) is 9.86. The highest BCUT2D eigenvalue weighted by Gasteiger charge is 2.51. The van der Waals surface area contributed by atoms with Gasteiger partial charge in [0.2, 0.25) is 6.54 Å². The lowest BCUT2D eigenvalue weighted by molar-refractivity contribution is -0.482. The Kier molecular flexibility index (Phi) is 1.20. The van der Waals surface area contributed by atoms with Gasteiger partial charge in [-0.15, -0.1) is 0 Å². The van der Waals surface area contributed by atoms with Gasteiger partial charge in [0.1, 0.15) is 0 Å². The smallest absolute Gasteiger partial charge is 0.232 e. The fourth-order valence-electron chi connectivity index (χ4n) is 0.725. The molecule has 0 radical (unpaired) electrons. The Bertz CT molecular complexity index is 143. The first kappa shape index (κ1) is 6.48. The van der Waals surface area contributed by atoms with E-state index < -0.39 is 0 Å². The Morgan fingerprint density at radius 3 is 2.33 bits per heavy atom. The molecule has 0 bridgehead atoms. The molecular formula is C5H9NO3. The van der Waals surface area contributed by atoms with E-state index in [2.05, 4.69) is 0 Å². The Morgan fingerprint density at radius 1 is 1.78 bits per heavy atom. The lowest BCUT2D eigenvalue weighted by Gasteiger charge is -1.89. The van der Waals surface area contributed by atoms with Gasteiger partial charge in [-0.3, -0.25) is 10.1 Å². The summed E-state index contributed by atoms with van der Waals surface area (Å²) in [6.07, 6.45) is -0.160. The van der Waals surface area contributed by atoms with Gasteiger partial charge in [-0.05, 0) is 13.8 Å². The molecule has 1 aliphatic heterocycles. The lowest BCUT2D eigenvalue weighted by atomic mass is 10.1. The van der Waals surface area contributed by atoms with E-state index in [0.717, 1.165) is 0 Å². The average Bonchev–Trinajstić information content (AvgIpc) is 2.10. The standard InChI is InChI=1S/C5H9NO3/c1-5(2)4(9-5)3-6(7)8/h4H,3H2,1-2H3/t4-/m1/s1. The van der Waals surface area contributed by atoms with Crippen molar-refractivity contribution >= 4 is 0 Å². The van der Waals surface area contributed by atoms with Crippen molar-refractivity contribution in [1.29, 1.82) is 0 Å². The van der Waals surface area contributed by atoms with Crippen molar-refractivity contribution in [3.05, 3.63) is 10.1 Å². The molecule has 1 heterocycles. The van der Waals surface area contributed by atoms with Crippen molar-refractivity contribution in [3.8, 4) is 0 Å². The zero-order valence-corrected chi connectivity index (χ0v) is 5.46. The van der Waals surface area contributed by atoms with Crippen LogP contribution in [0.3, 0.4) is 0 Å². The van der Waals surface area contributed by atoms with Crippen LogP contribution in [0.15, 0.2) is 0 Å². The van der Waals surface area contributed by atoms with Gasteiger partial charge in [-0.25, -0.2) is 0 Å². The van der Waals surface area contributed by atoms with Crippen molar-refractivity contribution in [1.82, 2.24) is 0 Å². The molecule has 0 aromatic carbocycles. The molecule has 0 N–H and O–H groups in total. The molecule has 1 aliphatic rings. The van der Waals surface area contributed by atoms with Gasteiger partial charge in [0.15, 0.2) is 6.10 Å². The van der Waals surface area contributed by atoms with Crippen molar-refractivity contribution in [2.24, 2.45) is 0 Å². The summed E-state index contributed by atoms with van der Waals surface area (Å²) in [6.45, 7) is 3.63. The minimum atomic E-state index is -0.348. The first-order valence-corrected chi connectivity index (χ1v) is 2.82. The molecule has 1 rings (SSSR count). The molecule has 4 nitrogen and oxygen atoms in total. The molecule has 0 aliphatic carbocycles. The maximum atomic E-state index is 9.86. The normalized spacial score (nSPS) is 29.8. The van der Waals surface area contributed by atoms with Gasteiger partial charge in [-0.2, -0.15) is 0 Å². The van der Waals surface area contributed by atoms with Gasteiger partial charge in [-0.1, -0.05) is 0 Å². The van der Waals surface area contributed by atoms with E-state index in [1.54, 1.807) is 0 Å². The van der Waals surface area contributed by atoms with Crippen LogP contribution in [-0.2, 0) is 4.74 Å². The maximum Gasteiger partial charge on any atom is 0.232 e. The molecule has 1 atom stereocenters.